The Labute approximate surface area is 212 Å². The van der Waals surface area contributed by atoms with Gasteiger partial charge in [-0.3, -0.25) is 14.4 Å². The fourth-order valence-corrected chi connectivity index (χ4v) is 2.94. The van der Waals surface area contributed by atoms with Crippen LogP contribution in [0, 0.1) is 5.82 Å². The molecule has 0 bridgehead atoms. The number of benzene rings is 3. The van der Waals surface area contributed by atoms with E-state index in [1.807, 2.05) is 0 Å². The molecular weight excluding hydrogens is 483 g/mol. The minimum atomic E-state index is -0.954. The summed E-state index contributed by atoms with van der Waals surface area (Å²) in [6, 6.07) is 16.6. The highest BCUT2D eigenvalue weighted by molar-refractivity contribution is 6.39. The van der Waals surface area contributed by atoms with Crippen LogP contribution in [0.1, 0.15) is 12.5 Å². The average Bonchev–Trinajstić information content (AvgIpc) is 2.90. The van der Waals surface area contributed by atoms with Gasteiger partial charge in [0.15, 0.2) is 18.1 Å². The second-order valence-corrected chi connectivity index (χ2v) is 7.36. The first-order valence-corrected chi connectivity index (χ1v) is 11.1. The molecule has 0 atom stereocenters. The maximum atomic E-state index is 13.0. The van der Waals surface area contributed by atoms with E-state index in [1.54, 1.807) is 49.4 Å². The number of carbonyl (C=O) groups is 3. The number of carbonyl (C=O) groups excluding carboxylic acids is 3. The van der Waals surface area contributed by atoms with Crippen molar-refractivity contribution < 1.29 is 33.0 Å². The van der Waals surface area contributed by atoms with Crippen molar-refractivity contribution in [2.75, 3.05) is 31.0 Å². The zero-order chi connectivity index (χ0) is 26.6. The fourth-order valence-electron chi connectivity index (χ4n) is 2.94. The van der Waals surface area contributed by atoms with Crippen LogP contribution in [-0.2, 0) is 14.4 Å². The summed E-state index contributed by atoms with van der Waals surface area (Å²) in [4.78, 5) is 36.2. The van der Waals surface area contributed by atoms with E-state index in [0.29, 0.717) is 40.8 Å². The van der Waals surface area contributed by atoms with Crippen LogP contribution < -0.4 is 30.3 Å². The Morgan fingerprint density at radius 1 is 0.865 bits per heavy atom. The van der Waals surface area contributed by atoms with Crippen molar-refractivity contribution in [1.29, 1.82) is 0 Å². The summed E-state index contributed by atoms with van der Waals surface area (Å²) in [6.45, 7) is 1.82. The summed E-state index contributed by atoms with van der Waals surface area (Å²) < 4.78 is 29.2. The van der Waals surface area contributed by atoms with Gasteiger partial charge in [0.2, 0.25) is 0 Å². The van der Waals surface area contributed by atoms with Crippen molar-refractivity contribution in [3.05, 3.63) is 78.1 Å². The smallest absolute Gasteiger partial charge is 0.329 e. The molecule has 0 fully saturated rings. The molecule has 0 aliphatic carbocycles. The molecule has 0 heterocycles. The van der Waals surface area contributed by atoms with Crippen molar-refractivity contribution in [3.63, 3.8) is 0 Å². The Morgan fingerprint density at radius 3 is 2.22 bits per heavy atom. The standard InChI is InChI=1S/C26H25FN4O6/c1-3-36-23-14-17(4-13-22(23)37-16-24(32)29-19-7-5-18(27)6-8-19)15-28-31-26(34)25(33)30-20-9-11-21(35-2)12-10-20/h4-15H,3,16H2,1-2H3,(H,29,32)(H,30,33)(H,31,34)/b28-15-. The maximum absolute atomic E-state index is 13.0. The number of ether oxygens (including phenoxy) is 3. The first kappa shape index (κ1) is 26.7. The van der Waals surface area contributed by atoms with Gasteiger partial charge in [-0.2, -0.15) is 5.10 Å². The average molecular weight is 509 g/mol. The highest BCUT2D eigenvalue weighted by Crippen LogP contribution is 2.28. The summed E-state index contributed by atoms with van der Waals surface area (Å²) in [5, 5.41) is 8.85. The van der Waals surface area contributed by atoms with Crippen molar-refractivity contribution in [3.8, 4) is 17.2 Å². The topological polar surface area (TPSA) is 127 Å². The quantitative estimate of drug-likeness (QED) is 0.219. The lowest BCUT2D eigenvalue weighted by Gasteiger charge is -2.12. The summed E-state index contributed by atoms with van der Waals surface area (Å²) >= 11 is 0. The molecule has 0 saturated carbocycles. The summed E-state index contributed by atoms with van der Waals surface area (Å²) in [7, 11) is 1.52. The number of methoxy groups -OCH3 is 1. The lowest BCUT2D eigenvalue weighted by molar-refractivity contribution is -0.136. The third-order valence-electron chi connectivity index (χ3n) is 4.69. The van der Waals surface area contributed by atoms with E-state index in [4.69, 9.17) is 14.2 Å². The van der Waals surface area contributed by atoms with Gasteiger partial charge in [0.05, 0.1) is 19.9 Å². The molecule has 0 spiro atoms. The predicted octanol–water partition coefficient (Wildman–Crippen LogP) is 3.34. The van der Waals surface area contributed by atoms with Crippen molar-refractivity contribution in [1.82, 2.24) is 5.43 Å². The Bertz CT molecular complexity index is 1260. The number of hydrazone groups is 1. The lowest BCUT2D eigenvalue weighted by atomic mass is 10.2. The van der Waals surface area contributed by atoms with Gasteiger partial charge < -0.3 is 24.8 Å². The van der Waals surface area contributed by atoms with Gasteiger partial charge in [0.25, 0.3) is 5.91 Å². The van der Waals surface area contributed by atoms with Crippen LogP contribution in [0.15, 0.2) is 71.8 Å². The van der Waals surface area contributed by atoms with Crippen molar-refractivity contribution in [2.24, 2.45) is 5.10 Å². The molecule has 3 amide bonds. The molecule has 0 aliphatic heterocycles. The number of nitrogens with one attached hydrogen (secondary N) is 3. The van der Waals surface area contributed by atoms with Gasteiger partial charge in [0, 0.05) is 11.4 Å². The van der Waals surface area contributed by atoms with E-state index in [9.17, 15) is 18.8 Å². The third kappa shape index (κ3) is 8.35. The molecule has 11 heteroatoms. The highest BCUT2D eigenvalue weighted by Gasteiger charge is 2.13. The number of hydrogen-bond acceptors (Lipinski definition) is 7. The Hall–Kier alpha value is -4.93. The second-order valence-electron chi connectivity index (χ2n) is 7.36. The number of amides is 3. The molecule has 3 N–H and O–H groups in total. The first-order chi connectivity index (χ1) is 17.9. The Kier molecular flexibility index (Phi) is 9.54. The van der Waals surface area contributed by atoms with Gasteiger partial charge >= 0.3 is 11.8 Å². The Balaban J connectivity index is 1.54. The molecule has 3 rings (SSSR count). The molecule has 0 aliphatic rings. The summed E-state index contributed by atoms with van der Waals surface area (Å²) in [5.41, 5.74) is 3.56. The van der Waals surface area contributed by atoms with E-state index in [-0.39, 0.29) is 6.61 Å². The van der Waals surface area contributed by atoms with Crippen LogP contribution in [0.2, 0.25) is 0 Å². The van der Waals surface area contributed by atoms with Crippen LogP contribution >= 0.6 is 0 Å². The molecule has 10 nitrogen and oxygen atoms in total. The van der Waals surface area contributed by atoms with Gasteiger partial charge in [-0.1, -0.05) is 0 Å². The number of rotatable bonds is 10. The zero-order valence-electron chi connectivity index (χ0n) is 20.1. The van der Waals surface area contributed by atoms with E-state index >= 15 is 0 Å². The van der Waals surface area contributed by atoms with Gasteiger partial charge in [-0.05, 0) is 79.2 Å². The maximum Gasteiger partial charge on any atom is 0.329 e. The SMILES string of the molecule is CCOc1cc(/C=N\NC(=O)C(=O)Nc2ccc(OC)cc2)ccc1OCC(=O)Nc1ccc(F)cc1. The minimum absolute atomic E-state index is 0.301. The normalized spacial score (nSPS) is 10.5. The van der Waals surface area contributed by atoms with E-state index in [1.165, 1.54) is 37.6 Å². The Morgan fingerprint density at radius 2 is 1.54 bits per heavy atom. The summed E-state index contributed by atoms with van der Waals surface area (Å²) in [5.74, 6) is -1.40. The molecular formula is C26H25FN4O6. The number of hydrogen-bond donors (Lipinski definition) is 3. The lowest BCUT2D eigenvalue weighted by Crippen LogP contribution is -2.32. The fraction of sp³-hybridized carbons (Fsp3) is 0.154. The number of halogens is 1. The zero-order valence-corrected chi connectivity index (χ0v) is 20.1. The number of nitrogens with zero attached hydrogens (tertiary/aromatic N) is 1. The number of anilines is 2. The van der Waals surface area contributed by atoms with Crippen LogP contribution in [0.3, 0.4) is 0 Å². The third-order valence-corrected chi connectivity index (χ3v) is 4.69. The second kappa shape index (κ2) is 13.2. The minimum Gasteiger partial charge on any atom is -0.497 e. The van der Waals surface area contributed by atoms with E-state index < -0.39 is 23.5 Å². The van der Waals surface area contributed by atoms with Crippen molar-refractivity contribution in [2.45, 2.75) is 6.92 Å². The molecule has 0 unspecified atom stereocenters. The van der Waals surface area contributed by atoms with E-state index in [0.717, 1.165) is 0 Å². The molecule has 37 heavy (non-hydrogen) atoms. The van der Waals surface area contributed by atoms with Crippen LogP contribution in [-0.4, -0.2) is 44.3 Å². The summed E-state index contributed by atoms with van der Waals surface area (Å²) in [6.07, 6.45) is 1.33. The molecule has 0 saturated heterocycles. The van der Waals surface area contributed by atoms with Crippen LogP contribution in [0.25, 0.3) is 0 Å². The van der Waals surface area contributed by atoms with Crippen LogP contribution in [0.4, 0.5) is 15.8 Å². The van der Waals surface area contributed by atoms with Gasteiger partial charge in [-0.15, -0.1) is 0 Å². The predicted molar refractivity (Wildman–Crippen MR) is 135 cm³/mol. The van der Waals surface area contributed by atoms with Crippen LogP contribution in [0.5, 0.6) is 17.2 Å². The van der Waals surface area contributed by atoms with Crippen molar-refractivity contribution >= 4 is 35.3 Å². The molecule has 3 aromatic rings. The highest BCUT2D eigenvalue weighted by atomic mass is 19.1. The molecule has 192 valence electrons. The molecule has 0 aromatic heterocycles. The largest absolute Gasteiger partial charge is 0.497 e. The molecule has 0 radical (unpaired) electrons. The van der Waals surface area contributed by atoms with E-state index in [2.05, 4.69) is 21.2 Å². The van der Waals surface area contributed by atoms with Gasteiger partial charge in [-0.25, -0.2) is 9.82 Å². The molecule has 3 aromatic carbocycles. The first-order valence-electron chi connectivity index (χ1n) is 11.1. The monoisotopic (exact) mass is 508 g/mol. The van der Waals surface area contributed by atoms with Gasteiger partial charge in [0.1, 0.15) is 11.6 Å².